The molecule has 0 aromatic heterocycles. The minimum absolute atomic E-state index is 0.276. The summed E-state index contributed by atoms with van der Waals surface area (Å²) in [5.41, 5.74) is 0. The smallest absolute Gasteiger partial charge is 0.283 e. The number of nitrogens with zero attached hydrogens (tertiary/aromatic N) is 2. The SMILES string of the molecule is CC1CC(C)CN(S(=O)(=O)N2CC(=O)NC(=O)C2C)C1. The highest BCUT2D eigenvalue weighted by Crippen LogP contribution is 2.26. The summed E-state index contributed by atoms with van der Waals surface area (Å²) in [6.45, 7) is 6.09. The first-order valence-electron chi connectivity index (χ1n) is 6.82. The molecule has 3 atom stereocenters. The lowest BCUT2D eigenvalue weighted by atomic mass is 9.94. The molecule has 3 unspecified atom stereocenters. The fraction of sp³-hybridized carbons (Fsp3) is 0.833. The lowest BCUT2D eigenvalue weighted by Gasteiger charge is -2.39. The fourth-order valence-electron chi connectivity index (χ4n) is 2.91. The maximum Gasteiger partial charge on any atom is 0.283 e. The molecule has 0 spiro atoms. The first-order chi connectivity index (χ1) is 9.21. The second kappa shape index (κ2) is 5.42. The van der Waals surface area contributed by atoms with Gasteiger partial charge in [-0.1, -0.05) is 13.8 Å². The minimum Gasteiger partial charge on any atom is -0.294 e. The second-order valence-corrected chi connectivity index (χ2v) is 7.79. The number of carbonyl (C=O) groups excluding carboxylic acids is 2. The van der Waals surface area contributed by atoms with Gasteiger partial charge in [0.1, 0.15) is 6.04 Å². The summed E-state index contributed by atoms with van der Waals surface area (Å²) in [5.74, 6) is -0.589. The summed E-state index contributed by atoms with van der Waals surface area (Å²) >= 11 is 0. The molecule has 0 saturated carbocycles. The van der Waals surface area contributed by atoms with Crippen LogP contribution in [0.3, 0.4) is 0 Å². The normalized spacial score (nSPS) is 34.0. The molecule has 8 heteroatoms. The molecule has 2 saturated heterocycles. The van der Waals surface area contributed by atoms with Crippen molar-refractivity contribution in [1.82, 2.24) is 13.9 Å². The Bertz CT molecular complexity index is 509. The van der Waals surface area contributed by atoms with Crippen LogP contribution in [0.5, 0.6) is 0 Å². The number of piperazine rings is 1. The molecule has 2 heterocycles. The lowest BCUT2D eigenvalue weighted by molar-refractivity contribution is -0.136. The van der Waals surface area contributed by atoms with Gasteiger partial charge in [-0.3, -0.25) is 14.9 Å². The molecule has 2 amide bonds. The molecule has 0 aliphatic carbocycles. The molecular weight excluding hydrogens is 282 g/mol. The zero-order chi connectivity index (χ0) is 15.1. The first-order valence-corrected chi connectivity index (χ1v) is 8.22. The maximum atomic E-state index is 12.7. The Morgan fingerprint density at radius 2 is 1.65 bits per heavy atom. The summed E-state index contributed by atoms with van der Waals surface area (Å²) in [6.07, 6.45) is 0.987. The van der Waals surface area contributed by atoms with Gasteiger partial charge < -0.3 is 0 Å². The highest BCUT2D eigenvalue weighted by Gasteiger charge is 2.42. The van der Waals surface area contributed by atoms with Crippen LogP contribution in [0.4, 0.5) is 0 Å². The van der Waals surface area contributed by atoms with Crippen LogP contribution in [0.15, 0.2) is 0 Å². The number of hydrogen-bond donors (Lipinski definition) is 1. The molecule has 2 aliphatic heterocycles. The van der Waals surface area contributed by atoms with Crippen LogP contribution in [-0.4, -0.2) is 54.5 Å². The summed E-state index contributed by atoms with van der Waals surface area (Å²) in [5, 5.41) is 2.15. The van der Waals surface area contributed by atoms with Crippen molar-refractivity contribution in [1.29, 1.82) is 0 Å². The maximum absolute atomic E-state index is 12.7. The molecule has 114 valence electrons. The van der Waals surface area contributed by atoms with Gasteiger partial charge in [-0.05, 0) is 25.2 Å². The van der Waals surface area contributed by atoms with Crippen LogP contribution in [0, 0.1) is 11.8 Å². The molecule has 2 fully saturated rings. The number of carbonyl (C=O) groups is 2. The fourth-order valence-corrected chi connectivity index (χ4v) is 4.87. The number of rotatable bonds is 2. The Labute approximate surface area is 119 Å². The van der Waals surface area contributed by atoms with Gasteiger partial charge in [-0.15, -0.1) is 0 Å². The van der Waals surface area contributed by atoms with Gasteiger partial charge in [0, 0.05) is 13.1 Å². The van der Waals surface area contributed by atoms with Gasteiger partial charge in [-0.2, -0.15) is 17.0 Å². The lowest BCUT2D eigenvalue weighted by Crippen LogP contribution is -2.62. The monoisotopic (exact) mass is 303 g/mol. The Morgan fingerprint density at radius 3 is 2.20 bits per heavy atom. The summed E-state index contributed by atoms with van der Waals surface area (Å²) in [4.78, 5) is 23.0. The van der Waals surface area contributed by atoms with Crippen molar-refractivity contribution in [3.63, 3.8) is 0 Å². The average Bonchev–Trinajstić information content (AvgIpc) is 2.32. The van der Waals surface area contributed by atoms with Crippen LogP contribution >= 0.6 is 0 Å². The van der Waals surface area contributed by atoms with Gasteiger partial charge in [0.25, 0.3) is 10.2 Å². The van der Waals surface area contributed by atoms with Crippen LogP contribution in [0.1, 0.15) is 27.2 Å². The highest BCUT2D eigenvalue weighted by molar-refractivity contribution is 7.86. The zero-order valence-corrected chi connectivity index (χ0v) is 12.8. The highest BCUT2D eigenvalue weighted by atomic mass is 32.2. The van der Waals surface area contributed by atoms with E-state index in [1.165, 1.54) is 11.2 Å². The van der Waals surface area contributed by atoms with Gasteiger partial charge in [0.2, 0.25) is 11.8 Å². The van der Waals surface area contributed by atoms with Gasteiger partial charge in [0.05, 0.1) is 6.54 Å². The first kappa shape index (κ1) is 15.4. The molecule has 0 aromatic rings. The minimum atomic E-state index is -3.78. The van der Waals surface area contributed by atoms with E-state index in [4.69, 9.17) is 0 Å². The van der Waals surface area contributed by atoms with Crippen molar-refractivity contribution in [3.05, 3.63) is 0 Å². The van der Waals surface area contributed by atoms with E-state index < -0.39 is 28.1 Å². The Hall–Kier alpha value is -0.990. The Kier molecular flexibility index (Phi) is 4.17. The number of piperidine rings is 1. The van der Waals surface area contributed by atoms with E-state index in [9.17, 15) is 18.0 Å². The summed E-state index contributed by atoms with van der Waals surface area (Å²) in [7, 11) is -3.78. The Balaban J connectivity index is 2.24. The number of nitrogens with one attached hydrogen (secondary N) is 1. The molecule has 1 N–H and O–H groups in total. The third kappa shape index (κ3) is 2.87. The van der Waals surface area contributed by atoms with E-state index in [0.717, 1.165) is 10.7 Å². The van der Waals surface area contributed by atoms with Crippen molar-refractivity contribution in [2.75, 3.05) is 19.6 Å². The molecule has 2 rings (SSSR count). The molecule has 0 radical (unpaired) electrons. The van der Waals surface area contributed by atoms with Crippen molar-refractivity contribution >= 4 is 22.0 Å². The third-order valence-electron chi connectivity index (χ3n) is 3.83. The largest absolute Gasteiger partial charge is 0.294 e. The van der Waals surface area contributed by atoms with Crippen molar-refractivity contribution in [2.45, 2.75) is 33.2 Å². The topological polar surface area (TPSA) is 86.8 Å². The second-order valence-electron chi connectivity index (χ2n) is 5.90. The van der Waals surface area contributed by atoms with E-state index in [1.807, 2.05) is 13.8 Å². The number of amides is 2. The Morgan fingerprint density at radius 1 is 1.10 bits per heavy atom. The summed E-state index contributed by atoms with van der Waals surface area (Å²) < 4.78 is 27.7. The average molecular weight is 303 g/mol. The van der Waals surface area contributed by atoms with E-state index in [2.05, 4.69) is 5.32 Å². The quantitative estimate of drug-likeness (QED) is 0.700. The number of hydrogen-bond acceptors (Lipinski definition) is 4. The number of imide groups is 1. The summed E-state index contributed by atoms with van der Waals surface area (Å²) in [6, 6.07) is -0.856. The van der Waals surface area contributed by atoms with Crippen molar-refractivity contribution in [2.24, 2.45) is 11.8 Å². The molecule has 7 nitrogen and oxygen atoms in total. The predicted octanol–water partition coefficient (Wildman–Crippen LogP) is -0.444. The molecular formula is C12H21N3O4S. The van der Waals surface area contributed by atoms with Gasteiger partial charge >= 0.3 is 0 Å². The van der Waals surface area contributed by atoms with Crippen molar-refractivity contribution < 1.29 is 18.0 Å². The van der Waals surface area contributed by atoms with E-state index in [0.29, 0.717) is 13.1 Å². The van der Waals surface area contributed by atoms with Crippen LogP contribution in [-0.2, 0) is 19.8 Å². The van der Waals surface area contributed by atoms with E-state index in [1.54, 1.807) is 0 Å². The van der Waals surface area contributed by atoms with Gasteiger partial charge in [0.15, 0.2) is 0 Å². The molecule has 0 bridgehead atoms. The molecule has 2 aliphatic rings. The predicted molar refractivity (Wildman–Crippen MR) is 72.8 cm³/mol. The zero-order valence-electron chi connectivity index (χ0n) is 12.0. The molecule has 0 aromatic carbocycles. The van der Waals surface area contributed by atoms with E-state index >= 15 is 0 Å². The standard InChI is InChI=1S/C12H21N3O4S/c1-8-4-9(2)6-14(5-8)20(18,19)15-7-11(16)13-12(17)10(15)3/h8-10H,4-7H2,1-3H3,(H,13,16,17). The van der Waals surface area contributed by atoms with E-state index in [-0.39, 0.29) is 18.4 Å². The molecule has 20 heavy (non-hydrogen) atoms. The van der Waals surface area contributed by atoms with Crippen LogP contribution in [0.2, 0.25) is 0 Å². The van der Waals surface area contributed by atoms with Gasteiger partial charge in [-0.25, -0.2) is 0 Å². The van der Waals surface area contributed by atoms with Crippen molar-refractivity contribution in [3.8, 4) is 0 Å². The van der Waals surface area contributed by atoms with Crippen LogP contribution in [0.25, 0.3) is 0 Å². The van der Waals surface area contributed by atoms with Crippen LogP contribution < -0.4 is 5.32 Å². The third-order valence-corrected chi connectivity index (χ3v) is 5.82.